The number of nitro groups is 1. The van der Waals surface area contributed by atoms with Gasteiger partial charge in [-0.2, -0.15) is 8.42 Å². The first kappa shape index (κ1) is 20.4. The zero-order valence-corrected chi connectivity index (χ0v) is 15.9. The van der Waals surface area contributed by atoms with Crippen molar-refractivity contribution in [3.8, 4) is 5.75 Å². The van der Waals surface area contributed by atoms with Gasteiger partial charge in [0, 0.05) is 23.7 Å². The van der Waals surface area contributed by atoms with E-state index in [-0.39, 0.29) is 34.2 Å². The molecule has 1 N–H and O–H groups in total. The molecule has 0 heterocycles. The van der Waals surface area contributed by atoms with Crippen molar-refractivity contribution < 1.29 is 22.3 Å². The van der Waals surface area contributed by atoms with Crippen molar-refractivity contribution in [2.45, 2.75) is 31.7 Å². The van der Waals surface area contributed by atoms with Gasteiger partial charge in [0.05, 0.1) is 4.92 Å². The highest BCUT2D eigenvalue weighted by Crippen LogP contribution is 2.22. The number of carbonyl (C=O) groups excluding carboxylic acids is 1. The topological polar surface area (TPSA) is 116 Å². The van der Waals surface area contributed by atoms with Gasteiger partial charge in [-0.1, -0.05) is 19.9 Å². The van der Waals surface area contributed by atoms with Crippen LogP contribution in [0.3, 0.4) is 0 Å². The summed E-state index contributed by atoms with van der Waals surface area (Å²) in [7, 11) is -4.24. The molecule has 2 rings (SSSR count). The summed E-state index contributed by atoms with van der Waals surface area (Å²) < 4.78 is 29.6. The molecule has 1 unspecified atom stereocenters. The second-order valence-electron chi connectivity index (χ2n) is 6.32. The van der Waals surface area contributed by atoms with Crippen LogP contribution >= 0.6 is 0 Å². The molecule has 0 aliphatic rings. The number of benzene rings is 2. The van der Waals surface area contributed by atoms with E-state index in [2.05, 4.69) is 5.32 Å². The van der Waals surface area contributed by atoms with Gasteiger partial charge < -0.3 is 9.50 Å². The highest BCUT2D eigenvalue weighted by Gasteiger charge is 2.20. The second-order valence-corrected chi connectivity index (χ2v) is 7.87. The fourth-order valence-electron chi connectivity index (χ4n) is 2.05. The summed E-state index contributed by atoms with van der Waals surface area (Å²) in [6, 6.07) is 10.2. The first-order valence-electron chi connectivity index (χ1n) is 8.20. The van der Waals surface area contributed by atoms with Crippen LogP contribution in [0.5, 0.6) is 5.75 Å². The van der Waals surface area contributed by atoms with E-state index in [0.717, 1.165) is 6.07 Å². The van der Waals surface area contributed by atoms with Crippen LogP contribution in [0.2, 0.25) is 0 Å². The van der Waals surface area contributed by atoms with E-state index in [1.54, 1.807) is 0 Å². The van der Waals surface area contributed by atoms with E-state index < -0.39 is 15.0 Å². The molecule has 1 atom stereocenters. The zero-order chi connectivity index (χ0) is 20.2. The maximum Gasteiger partial charge on any atom is 0.339 e. The van der Waals surface area contributed by atoms with Crippen molar-refractivity contribution in [2.24, 2.45) is 5.92 Å². The SMILES string of the molecule is CC(C)C(C)NC(=O)c1ccc(OS(=O)(=O)c2cccc([N+](=O)[O-])c2)cc1. The van der Waals surface area contributed by atoms with Crippen molar-refractivity contribution in [1.29, 1.82) is 0 Å². The Bertz CT molecular complexity index is 939. The van der Waals surface area contributed by atoms with Gasteiger partial charge in [0.1, 0.15) is 10.6 Å². The lowest BCUT2D eigenvalue weighted by Gasteiger charge is -2.17. The maximum atomic E-state index is 12.3. The van der Waals surface area contributed by atoms with E-state index in [0.29, 0.717) is 5.56 Å². The molecule has 9 heteroatoms. The number of hydrogen-bond acceptors (Lipinski definition) is 6. The number of nitrogens with one attached hydrogen (secondary N) is 1. The molecule has 0 fully saturated rings. The highest BCUT2D eigenvalue weighted by atomic mass is 32.2. The minimum atomic E-state index is -4.24. The Morgan fingerprint density at radius 3 is 2.30 bits per heavy atom. The number of nitro benzene ring substituents is 1. The largest absolute Gasteiger partial charge is 0.379 e. The van der Waals surface area contributed by atoms with Crippen LogP contribution in [0, 0.1) is 16.0 Å². The Labute approximate surface area is 157 Å². The average molecular weight is 392 g/mol. The predicted octanol–water partition coefficient (Wildman–Crippen LogP) is 3.14. The van der Waals surface area contributed by atoms with E-state index in [9.17, 15) is 23.3 Å². The summed E-state index contributed by atoms with van der Waals surface area (Å²) in [6.07, 6.45) is 0. The number of rotatable bonds is 7. The van der Waals surface area contributed by atoms with Gasteiger partial charge in [0.25, 0.3) is 11.6 Å². The quantitative estimate of drug-likeness (QED) is 0.440. The smallest absolute Gasteiger partial charge is 0.339 e. The number of nitrogens with zero attached hydrogens (tertiary/aromatic N) is 1. The predicted molar refractivity (Wildman–Crippen MR) is 99.1 cm³/mol. The molecular weight excluding hydrogens is 372 g/mol. The van der Waals surface area contributed by atoms with Crippen LogP contribution in [0.15, 0.2) is 53.4 Å². The number of amides is 1. The molecule has 0 spiro atoms. The zero-order valence-electron chi connectivity index (χ0n) is 15.1. The van der Waals surface area contributed by atoms with E-state index in [1.807, 2.05) is 20.8 Å². The third-order valence-electron chi connectivity index (χ3n) is 4.00. The molecule has 0 bridgehead atoms. The van der Waals surface area contributed by atoms with Gasteiger partial charge in [0.15, 0.2) is 0 Å². The molecule has 8 nitrogen and oxygen atoms in total. The normalized spacial score (nSPS) is 12.4. The molecule has 0 saturated heterocycles. The molecule has 0 aromatic heterocycles. The van der Waals surface area contributed by atoms with Gasteiger partial charge >= 0.3 is 10.1 Å². The summed E-state index contributed by atoms with van der Waals surface area (Å²) >= 11 is 0. The van der Waals surface area contributed by atoms with Crippen molar-refractivity contribution in [2.75, 3.05) is 0 Å². The van der Waals surface area contributed by atoms with Gasteiger partial charge in [0.2, 0.25) is 0 Å². The Morgan fingerprint density at radius 2 is 1.74 bits per heavy atom. The molecule has 1 amide bonds. The number of hydrogen-bond donors (Lipinski definition) is 1. The summed E-state index contributed by atoms with van der Waals surface area (Å²) in [6.45, 7) is 5.87. The van der Waals surface area contributed by atoms with Crippen LogP contribution < -0.4 is 9.50 Å². The lowest BCUT2D eigenvalue weighted by Crippen LogP contribution is -2.36. The number of non-ortho nitro benzene ring substituents is 1. The van der Waals surface area contributed by atoms with E-state index >= 15 is 0 Å². The van der Waals surface area contributed by atoms with E-state index in [1.165, 1.54) is 42.5 Å². The third-order valence-corrected chi connectivity index (χ3v) is 5.24. The summed E-state index contributed by atoms with van der Waals surface area (Å²) in [5, 5.41) is 13.6. The maximum absolute atomic E-state index is 12.3. The fourth-order valence-corrected chi connectivity index (χ4v) is 3.02. The van der Waals surface area contributed by atoms with Crippen LogP contribution in [-0.4, -0.2) is 25.3 Å². The van der Waals surface area contributed by atoms with Gasteiger partial charge in [-0.3, -0.25) is 14.9 Å². The molecule has 0 aliphatic carbocycles. The monoisotopic (exact) mass is 392 g/mol. The lowest BCUT2D eigenvalue weighted by molar-refractivity contribution is -0.385. The van der Waals surface area contributed by atoms with Gasteiger partial charge in [-0.05, 0) is 43.2 Å². The van der Waals surface area contributed by atoms with Crippen LogP contribution in [0.4, 0.5) is 5.69 Å². The molecule has 144 valence electrons. The average Bonchev–Trinajstić information content (AvgIpc) is 2.61. The van der Waals surface area contributed by atoms with Crippen molar-refractivity contribution >= 4 is 21.7 Å². The molecule has 0 saturated carbocycles. The molecule has 0 radical (unpaired) electrons. The minimum absolute atomic E-state index is 0.00466. The molecule has 27 heavy (non-hydrogen) atoms. The molecule has 2 aromatic rings. The fraction of sp³-hybridized carbons (Fsp3) is 0.278. The van der Waals surface area contributed by atoms with Crippen molar-refractivity contribution in [3.63, 3.8) is 0 Å². The molecule has 0 aliphatic heterocycles. The third kappa shape index (κ3) is 5.27. The standard InChI is InChI=1S/C18H20N2O6S/c1-12(2)13(3)19-18(21)14-7-9-16(10-8-14)26-27(24,25)17-6-4-5-15(11-17)20(22)23/h4-13H,1-3H3,(H,19,21). The van der Waals surface area contributed by atoms with E-state index in [4.69, 9.17) is 4.18 Å². The molecular formula is C18H20N2O6S. The summed E-state index contributed by atoms with van der Waals surface area (Å²) in [5.41, 5.74) is 0.00793. The lowest BCUT2D eigenvalue weighted by atomic mass is 10.1. The van der Waals surface area contributed by atoms with Crippen LogP contribution in [-0.2, 0) is 10.1 Å². The van der Waals surface area contributed by atoms with Crippen LogP contribution in [0.1, 0.15) is 31.1 Å². The Balaban J connectivity index is 2.15. The van der Waals surface area contributed by atoms with Crippen molar-refractivity contribution in [1.82, 2.24) is 5.32 Å². The first-order chi connectivity index (χ1) is 12.6. The van der Waals surface area contributed by atoms with Gasteiger partial charge in [-0.15, -0.1) is 0 Å². The molecule has 2 aromatic carbocycles. The Kier molecular flexibility index (Phi) is 6.17. The minimum Gasteiger partial charge on any atom is -0.379 e. The Morgan fingerprint density at radius 1 is 1.11 bits per heavy atom. The highest BCUT2D eigenvalue weighted by molar-refractivity contribution is 7.87. The second kappa shape index (κ2) is 8.17. The summed E-state index contributed by atoms with van der Waals surface area (Å²) in [5.74, 6) is -0.00381. The number of carbonyl (C=O) groups is 1. The first-order valence-corrected chi connectivity index (χ1v) is 9.61. The van der Waals surface area contributed by atoms with Crippen LogP contribution in [0.25, 0.3) is 0 Å². The van der Waals surface area contributed by atoms with Gasteiger partial charge in [-0.25, -0.2) is 0 Å². The summed E-state index contributed by atoms with van der Waals surface area (Å²) in [4.78, 5) is 21.9. The van der Waals surface area contributed by atoms with Crippen molar-refractivity contribution in [3.05, 3.63) is 64.2 Å². The Hall–Kier alpha value is -2.94.